The predicted octanol–water partition coefficient (Wildman–Crippen LogP) is 4.36. The molecule has 0 aliphatic carbocycles. The first-order chi connectivity index (χ1) is 10.4. The van der Waals surface area contributed by atoms with Gasteiger partial charge in [0.25, 0.3) is 0 Å². The van der Waals surface area contributed by atoms with E-state index in [4.69, 9.17) is 5.26 Å². The SMILES string of the molecule is N#Cc1ccc(Nc2ccccc2-c2ccccc2)nc1. The summed E-state index contributed by atoms with van der Waals surface area (Å²) in [6.07, 6.45) is 1.56. The predicted molar refractivity (Wildman–Crippen MR) is 84.1 cm³/mol. The average molecular weight is 271 g/mol. The second kappa shape index (κ2) is 5.89. The van der Waals surface area contributed by atoms with Crippen LogP contribution in [0.3, 0.4) is 0 Å². The Bertz CT molecular complexity index is 772. The number of rotatable bonds is 3. The van der Waals surface area contributed by atoms with Crippen LogP contribution in [-0.2, 0) is 0 Å². The first-order valence-corrected chi connectivity index (χ1v) is 6.64. The maximum atomic E-state index is 8.80. The van der Waals surface area contributed by atoms with Crippen molar-refractivity contribution >= 4 is 11.5 Å². The van der Waals surface area contributed by atoms with Gasteiger partial charge in [0.15, 0.2) is 0 Å². The molecule has 3 heteroatoms. The monoisotopic (exact) mass is 271 g/mol. The molecule has 0 saturated carbocycles. The van der Waals surface area contributed by atoms with Crippen LogP contribution in [0.2, 0.25) is 0 Å². The number of hydrogen-bond donors (Lipinski definition) is 1. The van der Waals surface area contributed by atoms with Gasteiger partial charge in [-0.05, 0) is 23.8 Å². The van der Waals surface area contributed by atoms with Crippen LogP contribution in [0.5, 0.6) is 0 Å². The molecule has 0 aliphatic rings. The van der Waals surface area contributed by atoms with Gasteiger partial charge < -0.3 is 5.32 Å². The highest BCUT2D eigenvalue weighted by Crippen LogP contribution is 2.29. The average Bonchev–Trinajstić information content (AvgIpc) is 2.57. The molecule has 0 amide bonds. The summed E-state index contributed by atoms with van der Waals surface area (Å²) in [6.45, 7) is 0. The lowest BCUT2D eigenvalue weighted by atomic mass is 10.0. The molecule has 1 aromatic heterocycles. The van der Waals surface area contributed by atoms with E-state index in [9.17, 15) is 0 Å². The van der Waals surface area contributed by atoms with E-state index >= 15 is 0 Å². The van der Waals surface area contributed by atoms with E-state index in [1.165, 1.54) is 0 Å². The quantitative estimate of drug-likeness (QED) is 0.769. The summed E-state index contributed by atoms with van der Waals surface area (Å²) in [4.78, 5) is 4.25. The highest BCUT2D eigenvalue weighted by molar-refractivity contribution is 5.80. The second-order valence-corrected chi connectivity index (χ2v) is 4.58. The minimum atomic E-state index is 0.553. The molecule has 0 radical (unpaired) electrons. The number of benzene rings is 2. The highest BCUT2D eigenvalue weighted by atomic mass is 15.0. The van der Waals surface area contributed by atoms with Crippen LogP contribution in [0.15, 0.2) is 72.9 Å². The van der Waals surface area contributed by atoms with Crippen LogP contribution in [-0.4, -0.2) is 4.98 Å². The fraction of sp³-hybridized carbons (Fsp3) is 0. The van der Waals surface area contributed by atoms with Gasteiger partial charge >= 0.3 is 0 Å². The Kier molecular flexibility index (Phi) is 3.62. The fourth-order valence-corrected chi connectivity index (χ4v) is 2.13. The molecule has 0 saturated heterocycles. The smallest absolute Gasteiger partial charge is 0.130 e. The van der Waals surface area contributed by atoms with E-state index in [0.29, 0.717) is 5.56 Å². The zero-order chi connectivity index (χ0) is 14.5. The summed E-state index contributed by atoms with van der Waals surface area (Å²) in [5.74, 6) is 0.720. The molecule has 3 aromatic rings. The van der Waals surface area contributed by atoms with Crippen molar-refractivity contribution in [2.24, 2.45) is 0 Å². The normalized spacial score (nSPS) is 9.86. The molecule has 100 valence electrons. The first kappa shape index (κ1) is 12.9. The Balaban J connectivity index is 1.94. The summed E-state index contributed by atoms with van der Waals surface area (Å²) >= 11 is 0. The van der Waals surface area contributed by atoms with Crippen molar-refractivity contribution in [3.05, 3.63) is 78.5 Å². The summed E-state index contributed by atoms with van der Waals surface area (Å²) < 4.78 is 0. The lowest BCUT2D eigenvalue weighted by molar-refractivity contribution is 1.29. The molecule has 0 bridgehead atoms. The summed E-state index contributed by atoms with van der Waals surface area (Å²) in [6, 6.07) is 23.9. The molecule has 3 rings (SSSR count). The second-order valence-electron chi connectivity index (χ2n) is 4.58. The molecule has 0 spiro atoms. The lowest BCUT2D eigenvalue weighted by Gasteiger charge is -2.11. The lowest BCUT2D eigenvalue weighted by Crippen LogP contribution is -1.95. The van der Waals surface area contributed by atoms with Gasteiger partial charge in [0, 0.05) is 17.4 Å². The molecule has 0 aliphatic heterocycles. The number of hydrogen-bond acceptors (Lipinski definition) is 3. The maximum Gasteiger partial charge on any atom is 0.130 e. The Labute approximate surface area is 123 Å². The Hall–Kier alpha value is -3.12. The molecule has 0 atom stereocenters. The van der Waals surface area contributed by atoms with Crippen LogP contribution < -0.4 is 5.32 Å². The molecule has 21 heavy (non-hydrogen) atoms. The van der Waals surface area contributed by atoms with Crippen LogP contribution in [0.25, 0.3) is 11.1 Å². The van der Waals surface area contributed by atoms with E-state index < -0.39 is 0 Å². The summed E-state index contributed by atoms with van der Waals surface area (Å²) in [5, 5.41) is 12.1. The zero-order valence-electron chi connectivity index (χ0n) is 11.3. The Morgan fingerprint density at radius 2 is 1.62 bits per heavy atom. The third-order valence-electron chi connectivity index (χ3n) is 3.17. The van der Waals surface area contributed by atoms with Gasteiger partial charge in [0.1, 0.15) is 11.9 Å². The topological polar surface area (TPSA) is 48.7 Å². The van der Waals surface area contributed by atoms with Gasteiger partial charge in [-0.15, -0.1) is 0 Å². The molecule has 0 fully saturated rings. The summed E-state index contributed by atoms with van der Waals surface area (Å²) in [5.41, 5.74) is 3.80. The third-order valence-corrected chi connectivity index (χ3v) is 3.17. The number of para-hydroxylation sites is 1. The third kappa shape index (κ3) is 2.90. The molecule has 0 unspecified atom stereocenters. The van der Waals surface area contributed by atoms with Gasteiger partial charge in [0.2, 0.25) is 0 Å². The number of pyridine rings is 1. The van der Waals surface area contributed by atoms with Crippen LogP contribution >= 0.6 is 0 Å². The van der Waals surface area contributed by atoms with Crippen molar-refractivity contribution in [3.63, 3.8) is 0 Å². The Morgan fingerprint density at radius 1 is 0.857 bits per heavy atom. The molecule has 1 N–H and O–H groups in total. The standard InChI is InChI=1S/C18H13N3/c19-12-14-10-11-18(20-13-14)21-17-9-5-4-8-16(17)15-6-2-1-3-7-15/h1-11,13H,(H,20,21). The molecular formula is C18H13N3. The van der Waals surface area contributed by atoms with Gasteiger partial charge in [0.05, 0.1) is 5.56 Å². The van der Waals surface area contributed by atoms with Crippen molar-refractivity contribution in [3.8, 4) is 17.2 Å². The van der Waals surface area contributed by atoms with E-state index in [1.807, 2.05) is 36.4 Å². The molecule has 1 heterocycles. The van der Waals surface area contributed by atoms with Crippen molar-refractivity contribution < 1.29 is 0 Å². The number of nitriles is 1. The number of anilines is 2. The first-order valence-electron chi connectivity index (χ1n) is 6.64. The number of aromatic nitrogens is 1. The van der Waals surface area contributed by atoms with E-state index in [1.54, 1.807) is 18.3 Å². The van der Waals surface area contributed by atoms with Crippen molar-refractivity contribution in [1.29, 1.82) is 5.26 Å². The van der Waals surface area contributed by atoms with Crippen LogP contribution in [0.1, 0.15) is 5.56 Å². The van der Waals surface area contributed by atoms with Crippen LogP contribution in [0.4, 0.5) is 11.5 Å². The minimum Gasteiger partial charge on any atom is -0.340 e. The van der Waals surface area contributed by atoms with E-state index in [2.05, 4.69) is 34.6 Å². The van der Waals surface area contributed by atoms with Crippen LogP contribution in [0, 0.1) is 11.3 Å². The molecule has 3 nitrogen and oxygen atoms in total. The maximum absolute atomic E-state index is 8.80. The highest BCUT2D eigenvalue weighted by Gasteiger charge is 2.05. The summed E-state index contributed by atoms with van der Waals surface area (Å²) in [7, 11) is 0. The van der Waals surface area contributed by atoms with Gasteiger partial charge in [-0.2, -0.15) is 5.26 Å². The van der Waals surface area contributed by atoms with Crippen molar-refractivity contribution in [2.75, 3.05) is 5.32 Å². The zero-order valence-corrected chi connectivity index (χ0v) is 11.3. The van der Waals surface area contributed by atoms with Gasteiger partial charge in [-0.3, -0.25) is 0 Å². The van der Waals surface area contributed by atoms with Crippen molar-refractivity contribution in [2.45, 2.75) is 0 Å². The number of nitrogens with one attached hydrogen (secondary N) is 1. The van der Waals surface area contributed by atoms with E-state index in [-0.39, 0.29) is 0 Å². The number of nitrogens with zero attached hydrogens (tertiary/aromatic N) is 2. The van der Waals surface area contributed by atoms with Crippen molar-refractivity contribution in [1.82, 2.24) is 4.98 Å². The molecule has 2 aromatic carbocycles. The largest absolute Gasteiger partial charge is 0.340 e. The fourth-order valence-electron chi connectivity index (χ4n) is 2.13. The van der Waals surface area contributed by atoms with Gasteiger partial charge in [-0.25, -0.2) is 4.98 Å². The van der Waals surface area contributed by atoms with E-state index in [0.717, 1.165) is 22.6 Å². The van der Waals surface area contributed by atoms with Gasteiger partial charge in [-0.1, -0.05) is 48.5 Å². The minimum absolute atomic E-state index is 0.553. The molecular weight excluding hydrogens is 258 g/mol. The Morgan fingerprint density at radius 3 is 2.33 bits per heavy atom.